The van der Waals surface area contributed by atoms with E-state index in [0.29, 0.717) is 27.1 Å². The second kappa shape index (κ2) is 14.5. The molecule has 2 aromatic heterocycles. The van der Waals surface area contributed by atoms with Gasteiger partial charge in [-0.15, -0.1) is 23.1 Å². The summed E-state index contributed by atoms with van der Waals surface area (Å²) in [6.45, 7) is 1.80. The van der Waals surface area contributed by atoms with Gasteiger partial charge in [0, 0.05) is 54.8 Å². The average molecular weight is 678 g/mol. The Labute approximate surface area is 284 Å². The van der Waals surface area contributed by atoms with Crippen LogP contribution in [0.2, 0.25) is 5.02 Å². The summed E-state index contributed by atoms with van der Waals surface area (Å²) in [5.74, 6) is -1.11. The Morgan fingerprint density at radius 3 is 2.51 bits per heavy atom. The summed E-state index contributed by atoms with van der Waals surface area (Å²) in [6.07, 6.45) is 3.44. The number of aromatic nitrogens is 2. The van der Waals surface area contributed by atoms with Gasteiger partial charge in [0.1, 0.15) is 5.70 Å². The molecule has 0 radical (unpaired) electrons. The van der Waals surface area contributed by atoms with Crippen LogP contribution in [0, 0.1) is 0 Å². The topological polar surface area (TPSA) is 116 Å². The molecular formula is C36H28ClN5O3S2. The Balaban J connectivity index is 1.15. The first kappa shape index (κ1) is 31.8. The molecule has 234 valence electrons. The maximum absolute atomic E-state index is 13.6. The number of benzene rings is 4. The number of hydrogen-bond acceptors (Lipinski definition) is 6. The van der Waals surface area contributed by atoms with Crippen LogP contribution in [-0.4, -0.2) is 32.9 Å². The second-order valence-electron chi connectivity index (χ2n) is 10.4. The zero-order chi connectivity index (χ0) is 32.8. The molecular weight excluding hydrogens is 650 g/mol. The molecule has 0 saturated carbocycles. The molecule has 47 heavy (non-hydrogen) atoms. The number of H-pyrrole nitrogens is 1. The van der Waals surface area contributed by atoms with Gasteiger partial charge < -0.3 is 20.9 Å². The van der Waals surface area contributed by atoms with E-state index >= 15 is 0 Å². The standard InChI is InChI=1S/C36H28ClN5O3S2/c1-22(33(43)42-36-41-32(21-46-36)28-15-5-7-16-29(28)37)47-26-13-9-12-25(19-26)39-35(45)31(40-34(44)23-10-3-2-4-11-23)18-24-20-38-30-17-8-6-14-27(24)30/h2-22,38H,1H3,(H,39,45)(H,40,44)(H,41,42,43)/b31-18-. The van der Waals surface area contributed by atoms with Crippen molar-refractivity contribution < 1.29 is 14.4 Å². The number of hydrogen-bond donors (Lipinski definition) is 4. The molecule has 4 N–H and O–H groups in total. The number of fused-ring (bicyclic) bond motifs is 1. The quantitative estimate of drug-likeness (QED) is 0.0858. The third-order valence-electron chi connectivity index (χ3n) is 7.11. The van der Waals surface area contributed by atoms with Crippen molar-refractivity contribution in [3.8, 4) is 11.3 Å². The zero-order valence-electron chi connectivity index (χ0n) is 25.0. The van der Waals surface area contributed by atoms with Gasteiger partial charge >= 0.3 is 0 Å². The highest BCUT2D eigenvalue weighted by atomic mass is 35.5. The van der Waals surface area contributed by atoms with E-state index in [2.05, 4.69) is 25.9 Å². The number of thiazole rings is 1. The van der Waals surface area contributed by atoms with Crippen LogP contribution in [0.5, 0.6) is 0 Å². The van der Waals surface area contributed by atoms with Crippen molar-refractivity contribution in [3.05, 3.63) is 137 Å². The van der Waals surface area contributed by atoms with Crippen LogP contribution in [-0.2, 0) is 9.59 Å². The Hall–Kier alpha value is -5.16. The monoisotopic (exact) mass is 677 g/mol. The smallest absolute Gasteiger partial charge is 0.272 e. The summed E-state index contributed by atoms with van der Waals surface area (Å²) < 4.78 is 0. The SMILES string of the molecule is CC(Sc1cccc(NC(=O)/C(=C/c2c[nH]c3ccccc23)NC(=O)c2ccccc2)c1)C(=O)Nc1nc(-c2ccccc2Cl)cs1. The van der Waals surface area contributed by atoms with E-state index in [1.807, 2.05) is 60.0 Å². The first-order valence-electron chi connectivity index (χ1n) is 14.6. The van der Waals surface area contributed by atoms with E-state index < -0.39 is 17.1 Å². The van der Waals surface area contributed by atoms with Crippen LogP contribution >= 0.6 is 34.7 Å². The van der Waals surface area contributed by atoms with Gasteiger partial charge in [0.25, 0.3) is 11.8 Å². The van der Waals surface area contributed by atoms with Crippen molar-refractivity contribution in [2.75, 3.05) is 10.6 Å². The lowest BCUT2D eigenvalue weighted by Crippen LogP contribution is -2.30. The van der Waals surface area contributed by atoms with E-state index in [9.17, 15) is 14.4 Å². The Morgan fingerprint density at radius 2 is 1.68 bits per heavy atom. The number of nitrogens with one attached hydrogen (secondary N) is 4. The van der Waals surface area contributed by atoms with Gasteiger partial charge in [0.15, 0.2) is 5.13 Å². The highest BCUT2D eigenvalue weighted by Crippen LogP contribution is 2.31. The molecule has 6 rings (SSSR count). The maximum Gasteiger partial charge on any atom is 0.272 e. The lowest BCUT2D eigenvalue weighted by Gasteiger charge is -2.13. The van der Waals surface area contributed by atoms with E-state index in [1.165, 1.54) is 23.1 Å². The van der Waals surface area contributed by atoms with Crippen LogP contribution in [0.1, 0.15) is 22.8 Å². The Bertz CT molecular complexity index is 2110. The number of aromatic amines is 1. The van der Waals surface area contributed by atoms with Gasteiger partial charge in [-0.2, -0.15) is 0 Å². The summed E-state index contributed by atoms with van der Waals surface area (Å²) in [6, 6.07) is 31.0. The van der Waals surface area contributed by atoms with E-state index in [1.54, 1.807) is 67.7 Å². The van der Waals surface area contributed by atoms with Gasteiger partial charge in [0.2, 0.25) is 5.91 Å². The van der Waals surface area contributed by atoms with E-state index in [4.69, 9.17) is 11.6 Å². The fourth-order valence-corrected chi connectivity index (χ4v) is 6.62. The van der Waals surface area contributed by atoms with Crippen molar-refractivity contribution in [2.45, 2.75) is 17.1 Å². The first-order chi connectivity index (χ1) is 22.8. The number of amides is 3. The number of carbonyl (C=O) groups is 3. The number of para-hydroxylation sites is 1. The number of anilines is 2. The van der Waals surface area contributed by atoms with Crippen LogP contribution in [0.3, 0.4) is 0 Å². The number of rotatable bonds is 10. The fraction of sp³-hybridized carbons (Fsp3) is 0.0556. The van der Waals surface area contributed by atoms with Gasteiger partial charge in [0.05, 0.1) is 10.9 Å². The summed E-state index contributed by atoms with van der Waals surface area (Å²) in [5, 5.41) is 11.9. The molecule has 0 aliphatic carbocycles. The molecule has 11 heteroatoms. The van der Waals surface area contributed by atoms with Crippen molar-refractivity contribution in [2.24, 2.45) is 0 Å². The van der Waals surface area contributed by atoms with Crippen molar-refractivity contribution in [3.63, 3.8) is 0 Å². The fourth-order valence-electron chi connectivity index (χ4n) is 4.75. The molecule has 0 fully saturated rings. The highest BCUT2D eigenvalue weighted by molar-refractivity contribution is 8.00. The summed E-state index contributed by atoms with van der Waals surface area (Å²) in [5.41, 5.74) is 4.16. The lowest BCUT2D eigenvalue weighted by molar-refractivity contribution is -0.115. The third-order valence-corrected chi connectivity index (χ3v) is 9.29. The van der Waals surface area contributed by atoms with Gasteiger partial charge in [-0.3, -0.25) is 14.4 Å². The van der Waals surface area contributed by atoms with E-state index in [-0.39, 0.29) is 11.6 Å². The molecule has 3 amide bonds. The summed E-state index contributed by atoms with van der Waals surface area (Å²) in [4.78, 5) is 48.2. The van der Waals surface area contributed by atoms with Gasteiger partial charge in [-0.25, -0.2) is 4.98 Å². The molecule has 0 bridgehead atoms. The molecule has 4 aromatic carbocycles. The van der Waals surface area contributed by atoms with Crippen molar-refractivity contribution in [1.82, 2.24) is 15.3 Å². The molecule has 0 saturated heterocycles. The normalized spacial score (nSPS) is 12.0. The lowest BCUT2D eigenvalue weighted by atomic mass is 10.1. The molecule has 2 heterocycles. The number of carbonyl (C=O) groups excluding carboxylic acids is 3. The molecule has 0 spiro atoms. The van der Waals surface area contributed by atoms with Crippen LogP contribution < -0.4 is 16.0 Å². The Kier molecular flexibility index (Phi) is 9.82. The summed E-state index contributed by atoms with van der Waals surface area (Å²) >= 11 is 8.97. The van der Waals surface area contributed by atoms with Crippen LogP contribution in [0.25, 0.3) is 28.2 Å². The zero-order valence-corrected chi connectivity index (χ0v) is 27.4. The molecule has 6 aromatic rings. The highest BCUT2D eigenvalue weighted by Gasteiger charge is 2.19. The predicted molar refractivity (Wildman–Crippen MR) is 192 cm³/mol. The van der Waals surface area contributed by atoms with Gasteiger partial charge in [-0.1, -0.05) is 72.3 Å². The number of nitrogens with zero attached hydrogens (tertiary/aromatic N) is 1. The van der Waals surface area contributed by atoms with Gasteiger partial charge in [-0.05, 0) is 55.5 Å². The minimum absolute atomic E-state index is 0.0778. The van der Waals surface area contributed by atoms with Crippen molar-refractivity contribution in [1.29, 1.82) is 0 Å². The molecule has 0 aliphatic heterocycles. The minimum atomic E-state index is -0.495. The maximum atomic E-state index is 13.6. The Morgan fingerprint density at radius 1 is 0.915 bits per heavy atom. The third kappa shape index (κ3) is 7.81. The summed E-state index contributed by atoms with van der Waals surface area (Å²) in [7, 11) is 0. The molecule has 0 aliphatic rings. The largest absolute Gasteiger partial charge is 0.361 e. The van der Waals surface area contributed by atoms with E-state index in [0.717, 1.165) is 26.9 Å². The number of thioether (sulfide) groups is 1. The molecule has 1 unspecified atom stereocenters. The first-order valence-corrected chi connectivity index (χ1v) is 16.7. The average Bonchev–Trinajstić information content (AvgIpc) is 3.72. The second-order valence-corrected chi connectivity index (χ2v) is 13.1. The van der Waals surface area contributed by atoms with Crippen LogP contribution in [0.4, 0.5) is 10.8 Å². The molecule has 1 atom stereocenters. The predicted octanol–water partition coefficient (Wildman–Crippen LogP) is 8.47. The number of halogens is 1. The van der Waals surface area contributed by atoms with Crippen molar-refractivity contribution >= 4 is 80.2 Å². The van der Waals surface area contributed by atoms with Crippen LogP contribution in [0.15, 0.2) is 125 Å². The minimum Gasteiger partial charge on any atom is -0.361 e. The molecule has 8 nitrogen and oxygen atoms in total.